The maximum absolute atomic E-state index is 6.79. The number of ether oxygens (including phenoxy) is 1. The van der Waals surface area contributed by atoms with Gasteiger partial charge in [-0.3, -0.25) is 0 Å². The normalized spacial score (nSPS) is 12.3. The number of methoxy groups -OCH3 is 1. The van der Waals surface area contributed by atoms with Gasteiger partial charge in [0.2, 0.25) is 0 Å². The SMILES string of the molecule is COc1c(C)cc(P(Cl)c2cc(C)c(C)c(C)c2)cc1C. The molecule has 0 spiro atoms. The van der Waals surface area contributed by atoms with E-state index >= 15 is 0 Å². The average Bonchev–Trinajstić information content (AvgIpc) is 2.43. The molecule has 3 heteroatoms. The fourth-order valence-corrected chi connectivity index (χ4v) is 4.75. The largest absolute Gasteiger partial charge is 0.496 e. The number of hydrogen-bond donors (Lipinski definition) is 0. The summed E-state index contributed by atoms with van der Waals surface area (Å²) in [6.45, 7) is 10.6. The maximum atomic E-state index is 6.79. The van der Waals surface area contributed by atoms with Gasteiger partial charge in [-0.25, -0.2) is 0 Å². The van der Waals surface area contributed by atoms with E-state index in [4.69, 9.17) is 16.0 Å². The molecule has 0 saturated heterocycles. The lowest BCUT2D eigenvalue weighted by Crippen LogP contribution is -2.12. The first-order valence-electron chi connectivity index (χ1n) is 7.04. The van der Waals surface area contributed by atoms with Crippen LogP contribution >= 0.6 is 18.5 Å². The molecule has 0 aromatic heterocycles. The van der Waals surface area contributed by atoms with Crippen LogP contribution in [0.25, 0.3) is 0 Å². The van der Waals surface area contributed by atoms with E-state index in [1.165, 1.54) is 27.3 Å². The van der Waals surface area contributed by atoms with Crippen molar-refractivity contribution in [3.8, 4) is 5.75 Å². The second-order valence-electron chi connectivity index (χ2n) is 5.60. The van der Waals surface area contributed by atoms with Gasteiger partial charge in [0.15, 0.2) is 0 Å². The molecular formula is C18H22ClOP. The van der Waals surface area contributed by atoms with Crippen molar-refractivity contribution in [3.63, 3.8) is 0 Å². The van der Waals surface area contributed by atoms with Gasteiger partial charge in [-0.15, -0.1) is 0 Å². The van der Waals surface area contributed by atoms with Gasteiger partial charge in [-0.2, -0.15) is 0 Å². The molecule has 21 heavy (non-hydrogen) atoms. The van der Waals surface area contributed by atoms with Crippen molar-refractivity contribution in [1.29, 1.82) is 0 Å². The third kappa shape index (κ3) is 3.25. The van der Waals surface area contributed by atoms with Crippen LogP contribution in [0.3, 0.4) is 0 Å². The third-order valence-corrected chi connectivity index (χ3v) is 6.61. The Morgan fingerprint density at radius 1 is 0.762 bits per heavy atom. The molecule has 0 saturated carbocycles. The van der Waals surface area contributed by atoms with Crippen molar-refractivity contribution in [2.75, 3.05) is 7.11 Å². The van der Waals surface area contributed by atoms with E-state index in [1.807, 2.05) is 0 Å². The number of benzene rings is 2. The molecular weight excluding hydrogens is 299 g/mol. The Hall–Kier alpha value is -1.04. The van der Waals surface area contributed by atoms with Crippen LogP contribution < -0.4 is 15.3 Å². The Morgan fingerprint density at radius 2 is 1.14 bits per heavy atom. The van der Waals surface area contributed by atoms with E-state index in [0.717, 1.165) is 16.9 Å². The maximum Gasteiger partial charge on any atom is 0.124 e. The predicted octanol–water partition coefficient (Wildman–Crippen LogP) is 4.82. The van der Waals surface area contributed by atoms with Crippen LogP contribution in [0, 0.1) is 34.6 Å². The Balaban J connectivity index is 2.47. The molecule has 2 aromatic carbocycles. The molecule has 0 aliphatic heterocycles. The van der Waals surface area contributed by atoms with Crippen molar-refractivity contribution >= 4 is 29.1 Å². The number of aryl methyl sites for hydroxylation is 4. The second-order valence-corrected chi connectivity index (χ2v) is 8.21. The lowest BCUT2D eigenvalue weighted by atomic mass is 10.1. The van der Waals surface area contributed by atoms with E-state index in [0.29, 0.717) is 0 Å². The Labute approximate surface area is 133 Å². The molecule has 1 nitrogen and oxygen atoms in total. The van der Waals surface area contributed by atoms with Crippen LogP contribution in [-0.4, -0.2) is 7.11 Å². The highest BCUT2D eigenvalue weighted by Gasteiger charge is 2.15. The van der Waals surface area contributed by atoms with Crippen LogP contribution in [-0.2, 0) is 0 Å². The quantitative estimate of drug-likeness (QED) is 0.736. The fourth-order valence-electron chi connectivity index (χ4n) is 2.64. The van der Waals surface area contributed by atoms with E-state index in [9.17, 15) is 0 Å². The standard InChI is InChI=1S/C18H22ClOP/c1-11-7-16(8-12(2)15(11)5)21(19)17-9-13(3)18(20-6)14(4)10-17/h7-10H,1-6H3. The van der Waals surface area contributed by atoms with E-state index in [1.54, 1.807) is 7.11 Å². The molecule has 0 radical (unpaired) electrons. The number of halogens is 1. The molecule has 0 bridgehead atoms. The smallest absolute Gasteiger partial charge is 0.124 e. The van der Waals surface area contributed by atoms with Gasteiger partial charge < -0.3 is 4.74 Å². The van der Waals surface area contributed by atoms with Gasteiger partial charge in [0.05, 0.1) is 14.4 Å². The summed E-state index contributed by atoms with van der Waals surface area (Å²) in [5.41, 5.74) is 6.24. The highest BCUT2D eigenvalue weighted by Crippen LogP contribution is 2.41. The summed E-state index contributed by atoms with van der Waals surface area (Å²) in [7, 11) is 0.865. The van der Waals surface area contributed by atoms with E-state index in [2.05, 4.69) is 58.9 Å². The Bertz CT molecular complexity index is 633. The zero-order chi connectivity index (χ0) is 15.7. The highest BCUT2D eigenvalue weighted by atomic mass is 35.7. The monoisotopic (exact) mass is 320 g/mol. The third-order valence-electron chi connectivity index (χ3n) is 4.01. The lowest BCUT2D eigenvalue weighted by Gasteiger charge is -2.17. The van der Waals surface area contributed by atoms with Gasteiger partial charge in [0, 0.05) is 0 Å². The zero-order valence-corrected chi connectivity index (χ0v) is 15.2. The minimum absolute atomic E-state index is 0.849. The molecule has 0 aliphatic rings. The lowest BCUT2D eigenvalue weighted by molar-refractivity contribution is 0.409. The summed E-state index contributed by atoms with van der Waals surface area (Å²) in [6, 6.07) is 8.73. The van der Waals surface area contributed by atoms with Crippen molar-refractivity contribution in [2.45, 2.75) is 34.6 Å². The van der Waals surface area contributed by atoms with Crippen molar-refractivity contribution in [2.24, 2.45) is 0 Å². The predicted molar refractivity (Wildman–Crippen MR) is 95.2 cm³/mol. The van der Waals surface area contributed by atoms with E-state index in [-0.39, 0.29) is 0 Å². The fraction of sp³-hybridized carbons (Fsp3) is 0.333. The van der Waals surface area contributed by atoms with Crippen molar-refractivity contribution in [1.82, 2.24) is 0 Å². The molecule has 0 N–H and O–H groups in total. The van der Waals surface area contributed by atoms with Crippen LogP contribution in [0.15, 0.2) is 24.3 Å². The van der Waals surface area contributed by atoms with Gasteiger partial charge in [0.1, 0.15) is 5.75 Å². The van der Waals surface area contributed by atoms with Crippen LogP contribution in [0.5, 0.6) is 5.75 Å². The van der Waals surface area contributed by atoms with Gasteiger partial charge in [0.25, 0.3) is 0 Å². The molecule has 2 rings (SSSR count). The molecule has 1 atom stereocenters. The molecule has 1 unspecified atom stereocenters. The molecule has 0 aliphatic carbocycles. The average molecular weight is 321 g/mol. The minimum atomic E-state index is -0.849. The first kappa shape index (κ1) is 16.3. The second kappa shape index (κ2) is 6.38. The summed E-state index contributed by atoms with van der Waals surface area (Å²) in [5.74, 6) is 0.954. The summed E-state index contributed by atoms with van der Waals surface area (Å²) >= 11 is 6.79. The zero-order valence-electron chi connectivity index (χ0n) is 13.5. The summed E-state index contributed by atoms with van der Waals surface area (Å²) in [4.78, 5) is 0. The van der Waals surface area contributed by atoms with Crippen LogP contribution in [0.2, 0.25) is 0 Å². The Morgan fingerprint density at radius 3 is 1.52 bits per heavy atom. The summed E-state index contributed by atoms with van der Waals surface area (Å²) < 4.78 is 5.43. The molecule has 0 amide bonds. The van der Waals surface area contributed by atoms with Crippen LogP contribution in [0.1, 0.15) is 27.8 Å². The molecule has 112 valence electrons. The molecule has 2 aromatic rings. The summed E-state index contributed by atoms with van der Waals surface area (Å²) in [5, 5.41) is 2.40. The van der Waals surface area contributed by atoms with Crippen molar-refractivity contribution in [3.05, 3.63) is 52.1 Å². The first-order chi connectivity index (χ1) is 9.85. The van der Waals surface area contributed by atoms with Gasteiger partial charge in [-0.05, 0) is 97.3 Å². The highest BCUT2D eigenvalue weighted by molar-refractivity contribution is 7.95. The van der Waals surface area contributed by atoms with Crippen molar-refractivity contribution < 1.29 is 4.74 Å². The van der Waals surface area contributed by atoms with Gasteiger partial charge >= 0.3 is 0 Å². The van der Waals surface area contributed by atoms with E-state index < -0.39 is 7.27 Å². The van der Waals surface area contributed by atoms with Crippen LogP contribution in [0.4, 0.5) is 0 Å². The number of rotatable bonds is 3. The summed E-state index contributed by atoms with van der Waals surface area (Å²) in [6.07, 6.45) is 0. The topological polar surface area (TPSA) is 9.23 Å². The minimum Gasteiger partial charge on any atom is -0.496 e. The molecule has 0 fully saturated rings. The Kier molecular flexibility index (Phi) is 4.96. The first-order valence-corrected chi connectivity index (χ1v) is 9.28. The number of hydrogen-bond acceptors (Lipinski definition) is 1. The van der Waals surface area contributed by atoms with Gasteiger partial charge in [-0.1, -0.05) is 11.2 Å². The molecule has 0 heterocycles.